The lowest BCUT2D eigenvalue weighted by Gasteiger charge is -2.07. The van der Waals surface area contributed by atoms with E-state index < -0.39 is 0 Å². The van der Waals surface area contributed by atoms with Gasteiger partial charge in [-0.3, -0.25) is 9.98 Å². The second kappa shape index (κ2) is 24.7. The van der Waals surface area contributed by atoms with Crippen molar-refractivity contribution in [1.29, 1.82) is 0 Å². The summed E-state index contributed by atoms with van der Waals surface area (Å²) in [6.45, 7) is 8.74. The maximum atomic E-state index is 4.74. The molecule has 2 rings (SSSR count). The van der Waals surface area contributed by atoms with Crippen LogP contribution in [0, 0.1) is 0 Å². The molecule has 0 N–H and O–H groups in total. The molecule has 0 amide bonds. The summed E-state index contributed by atoms with van der Waals surface area (Å²) in [5, 5.41) is 2.27. The predicted octanol–water partition coefficient (Wildman–Crippen LogP) is 9.75. The summed E-state index contributed by atoms with van der Waals surface area (Å²) < 4.78 is 4.63. The number of hydrogen-bond acceptors (Lipinski definition) is 2. The first kappa shape index (κ1) is 34.1. The fourth-order valence-corrected chi connectivity index (χ4v) is 5.26. The standard InChI is InChI=1S/C36H62N4/c1-3-5-7-9-15-19-27-37-35-23-31-39(32-24-35)29-21-17-13-11-12-14-18-22-30-40-33-25-36(26-34-40)38-28-20-16-10-8-6-4-2/h23-26,31-34H,3-22,27-30H2,1-2H3/p+1. The van der Waals surface area contributed by atoms with Gasteiger partial charge in [0.1, 0.15) is 0 Å². The summed E-state index contributed by atoms with van der Waals surface area (Å²) in [6.07, 6.45) is 35.5. The monoisotopic (exact) mass is 552 g/mol. The molecular weight excluding hydrogens is 488 g/mol. The van der Waals surface area contributed by atoms with E-state index in [1.54, 1.807) is 0 Å². The van der Waals surface area contributed by atoms with Crippen LogP contribution < -0.4 is 10.7 Å². The van der Waals surface area contributed by atoms with E-state index in [1.807, 2.05) is 0 Å². The van der Waals surface area contributed by atoms with Crippen molar-refractivity contribution in [2.24, 2.45) is 9.98 Å². The summed E-state index contributed by atoms with van der Waals surface area (Å²) in [7, 11) is 0. The Morgan fingerprint density at radius 2 is 0.725 bits per heavy atom. The van der Waals surface area contributed by atoms with Gasteiger partial charge in [0.05, 0.1) is 10.7 Å². The van der Waals surface area contributed by atoms with Gasteiger partial charge < -0.3 is 9.13 Å². The Hall–Kier alpha value is -2.10. The minimum atomic E-state index is 0. The van der Waals surface area contributed by atoms with Gasteiger partial charge in [0.2, 0.25) is 0 Å². The van der Waals surface area contributed by atoms with Crippen LogP contribution >= 0.6 is 0 Å². The molecule has 2 heterocycles. The van der Waals surface area contributed by atoms with Crippen molar-refractivity contribution in [3.05, 3.63) is 59.8 Å². The van der Waals surface area contributed by atoms with E-state index in [-0.39, 0.29) is 1.43 Å². The normalized spacial score (nSPS) is 11.2. The Kier molecular flexibility index (Phi) is 21.0. The fourth-order valence-electron chi connectivity index (χ4n) is 5.26. The highest BCUT2D eigenvalue weighted by Crippen LogP contribution is 2.10. The summed E-state index contributed by atoms with van der Waals surface area (Å²) in [6, 6.07) is 8.71. The second-order valence-electron chi connectivity index (χ2n) is 11.7. The molecule has 0 aliphatic carbocycles. The van der Waals surface area contributed by atoms with Crippen molar-refractivity contribution in [1.82, 2.24) is 9.13 Å². The molecule has 0 aliphatic heterocycles. The van der Waals surface area contributed by atoms with Gasteiger partial charge in [-0.25, -0.2) is 0 Å². The maximum absolute atomic E-state index is 4.74. The van der Waals surface area contributed by atoms with E-state index in [1.165, 1.54) is 128 Å². The first-order chi connectivity index (χ1) is 19.8. The number of hydrogen-bond donors (Lipinski definition) is 0. The molecule has 0 aliphatic rings. The van der Waals surface area contributed by atoms with E-state index in [4.69, 9.17) is 9.98 Å². The van der Waals surface area contributed by atoms with Gasteiger partial charge in [-0.1, -0.05) is 117 Å². The van der Waals surface area contributed by atoms with Gasteiger partial charge in [-0.2, -0.15) is 0 Å². The molecular formula is C36H63N4+. The average molecular weight is 552 g/mol. The summed E-state index contributed by atoms with van der Waals surface area (Å²) in [4.78, 5) is 9.48. The van der Waals surface area contributed by atoms with Crippen molar-refractivity contribution >= 4 is 0 Å². The molecule has 4 heteroatoms. The van der Waals surface area contributed by atoms with Crippen LogP contribution in [0.15, 0.2) is 59.0 Å². The van der Waals surface area contributed by atoms with E-state index in [0.717, 1.165) is 36.9 Å². The molecule has 0 saturated heterocycles. The minimum absolute atomic E-state index is 0. The molecule has 40 heavy (non-hydrogen) atoms. The van der Waals surface area contributed by atoms with Crippen LogP contribution in [-0.2, 0) is 13.1 Å². The number of pyridine rings is 2. The van der Waals surface area contributed by atoms with Crippen molar-refractivity contribution in [3.63, 3.8) is 0 Å². The minimum Gasteiger partial charge on any atom is -0.354 e. The van der Waals surface area contributed by atoms with E-state index in [0.29, 0.717) is 0 Å². The van der Waals surface area contributed by atoms with Crippen molar-refractivity contribution in [2.75, 3.05) is 13.1 Å². The molecule has 0 bridgehead atoms. The Morgan fingerprint density at radius 3 is 1.07 bits per heavy atom. The lowest BCUT2D eigenvalue weighted by atomic mass is 10.1. The zero-order valence-corrected chi connectivity index (χ0v) is 26.4. The lowest BCUT2D eigenvalue weighted by molar-refractivity contribution is 0.524. The SMILES string of the molecule is CCCCCCCCN=c1ccn(CCCCCCCCCCn2ccc(=NCCCCCCCC)cc2)cc1.[H+]. The molecule has 0 spiro atoms. The first-order valence-electron chi connectivity index (χ1n) is 17.1. The van der Waals surface area contributed by atoms with Gasteiger partial charge in [0.15, 0.2) is 0 Å². The van der Waals surface area contributed by atoms with Gasteiger partial charge >= 0.3 is 1.43 Å². The molecule has 0 radical (unpaired) electrons. The average Bonchev–Trinajstić information content (AvgIpc) is 2.98. The molecule has 4 nitrogen and oxygen atoms in total. The molecule has 0 saturated carbocycles. The number of rotatable bonds is 25. The molecule has 226 valence electrons. The van der Waals surface area contributed by atoms with Crippen LogP contribution in [0.2, 0.25) is 0 Å². The first-order valence-corrected chi connectivity index (χ1v) is 17.1. The van der Waals surface area contributed by atoms with Crippen LogP contribution in [0.4, 0.5) is 0 Å². The third-order valence-corrected chi connectivity index (χ3v) is 7.94. The van der Waals surface area contributed by atoms with E-state index in [2.05, 4.69) is 72.0 Å². The van der Waals surface area contributed by atoms with Crippen LogP contribution in [0.25, 0.3) is 0 Å². The number of unbranched alkanes of at least 4 members (excludes halogenated alkanes) is 17. The van der Waals surface area contributed by atoms with E-state index in [9.17, 15) is 0 Å². The molecule has 2 aromatic rings. The molecule has 2 aromatic heterocycles. The van der Waals surface area contributed by atoms with Crippen molar-refractivity contribution < 1.29 is 1.43 Å². The van der Waals surface area contributed by atoms with Crippen LogP contribution in [-0.4, -0.2) is 22.2 Å². The van der Waals surface area contributed by atoms with Crippen LogP contribution in [0.1, 0.15) is 144 Å². The highest BCUT2D eigenvalue weighted by Gasteiger charge is 1.96. The maximum Gasteiger partial charge on any atom is 1.00 e. The molecule has 0 atom stereocenters. The number of aromatic nitrogens is 2. The van der Waals surface area contributed by atoms with Crippen molar-refractivity contribution in [2.45, 2.75) is 155 Å². The largest absolute Gasteiger partial charge is 1.00 e. The Morgan fingerprint density at radius 1 is 0.425 bits per heavy atom. The van der Waals surface area contributed by atoms with Gasteiger partial charge in [-0.05, 0) is 49.9 Å². The summed E-state index contributed by atoms with van der Waals surface area (Å²) in [5.74, 6) is 0. The van der Waals surface area contributed by atoms with E-state index >= 15 is 0 Å². The summed E-state index contributed by atoms with van der Waals surface area (Å²) in [5.41, 5.74) is 0. The summed E-state index contributed by atoms with van der Waals surface area (Å²) >= 11 is 0. The lowest BCUT2D eigenvalue weighted by Crippen LogP contribution is -2.06. The molecule has 0 aromatic carbocycles. The quantitative estimate of drug-likeness (QED) is 0.110. The Bertz CT molecular complexity index is 858. The number of aryl methyl sites for hydroxylation is 2. The number of nitrogens with zero attached hydrogens (tertiary/aromatic N) is 4. The molecule has 0 fully saturated rings. The molecule has 0 unspecified atom stereocenters. The smallest absolute Gasteiger partial charge is 0.354 e. The third kappa shape index (κ3) is 18.3. The van der Waals surface area contributed by atoms with Crippen LogP contribution in [0.3, 0.4) is 0 Å². The Balaban J connectivity index is 0.00000840. The Labute approximate surface area is 248 Å². The van der Waals surface area contributed by atoms with Crippen LogP contribution in [0.5, 0.6) is 0 Å². The second-order valence-corrected chi connectivity index (χ2v) is 11.7. The third-order valence-electron chi connectivity index (χ3n) is 7.94. The highest BCUT2D eigenvalue weighted by molar-refractivity contribution is 4.94. The zero-order valence-electron chi connectivity index (χ0n) is 27.4. The van der Waals surface area contributed by atoms with Gasteiger partial charge in [0.25, 0.3) is 0 Å². The fraction of sp³-hybridized carbons (Fsp3) is 0.722. The van der Waals surface area contributed by atoms with Gasteiger partial charge in [0, 0.05) is 51.0 Å². The zero-order chi connectivity index (χ0) is 28.4. The highest BCUT2D eigenvalue weighted by atomic mass is 14.9. The predicted molar refractivity (Wildman–Crippen MR) is 175 cm³/mol. The van der Waals surface area contributed by atoms with Gasteiger partial charge in [-0.15, -0.1) is 0 Å². The van der Waals surface area contributed by atoms with Crippen molar-refractivity contribution in [3.8, 4) is 0 Å². The topological polar surface area (TPSA) is 34.6 Å².